The van der Waals surface area contributed by atoms with Gasteiger partial charge in [0.25, 0.3) is 0 Å². The first-order valence-electron chi connectivity index (χ1n) is 13.1. The molecule has 1 aliphatic rings. The van der Waals surface area contributed by atoms with Crippen LogP contribution in [-0.2, 0) is 10.2 Å². The summed E-state index contributed by atoms with van der Waals surface area (Å²) < 4.78 is 52.4. The van der Waals surface area contributed by atoms with E-state index in [1.54, 1.807) is 42.5 Å². The summed E-state index contributed by atoms with van der Waals surface area (Å²) in [6.07, 6.45) is -5.08. The number of carboxylic acid groups (broad SMARTS) is 2. The Morgan fingerprint density at radius 1 is 1.02 bits per heavy atom. The van der Waals surface area contributed by atoms with Crippen molar-refractivity contribution in [3.63, 3.8) is 0 Å². The van der Waals surface area contributed by atoms with Crippen molar-refractivity contribution in [1.29, 1.82) is 0 Å². The molecule has 1 fully saturated rings. The monoisotopic (exact) mass is 600 g/mol. The first kappa shape index (κ1) is 31.1. The Kier molecular flexibility index (Phi) is 8.52. The Hall–Kier alpha value is -4.87. The lowest BCUT2D eigenvalue weighted by atomic mass is 9.75. The molecule has 4 aromatic rings. The van der Waals surface area contributed by atoms with Crippen LogP contribution in [0.3, 0.4) is 0 Å². The first-order valence-corrected chi connectivity index (χ1v) is 13.1. The molecule has 0 bridgehead atoms. The molecule has 2 heterocycles. The Labute approximate surface area is 243 Å². The van der Waals surface area contributed by atoms with Crippen LogP contribution in [0.15, 0.2) is 75.9 Å². The van der Waals surface area contributed by atoms with Crippen LogP contribution in [0.4, 0.5) is 29.1 Å². The summed E-state index contributed by atoms with van der Waals surface area (Å²) >= 11 is 0. The highest BCUT2D eigenvalue weighted by Gasteiger charge is 2.43. The zero-order chi connectivity index (χ0) is 31.7. The number of hydrogen-bond donors (Lipinski definition) is 3. The van der Waals surface area contributed by atoms with Gasteiger partial charge in [0, 0.05) is 35.8 Å². The SMILES string of the molecule is Cc1cc(C(C)Nc2ccccc2C(=O)O)c2oc(N3CC(C)(c4ccccc4F)C3)cc(=O)c2c1.O=C(O)C(F)(F)F. The maximum atomic E-state index is 14.4. The molecule has 1 saturated heterocycles. The summed E-state index contributed by atoms with van der Waals surface area (Å²) in [6, 6.07) is 18.3. The number of nitrogens with zero attached hydrogens (tertiary/aromatic N) is 1. The van der Waals surface area contributed by atoms with E-state index in [0.717, 1.165) is 11.1 Å². The van der Waals surface area contributed by atoms with Crippen LogP contribution in [0.2, 0.25) is 0 Å². The van der Waals surface area contributed by atoms with Crippen molar-refractivity contribution in [3.05, 3.63) is 105 Å². The molecule has 3 N–H and O–H groups in total. The molecule has 0 spiro atoms. The summed E-state index contributed by atoms with van der Waals surface area (Å²) in [4.78, 5) is 35.6. The number of anilines is 2. The molecular formula is C31H28F4N2O6. The van der Waals surface area contributed by atoms with Gasteiger partial charge >= 0.3 is 18.1 Å². The number of rotatable bonds is 6. The third-order valence-corrected chi connectivity index (χ3v) is 7.14. The van der Waals surface area contributed by atoms with Gasteiger partial charge in [0.05, 0.1) is 17.0 Å². The molecule has 8 nitrogen and oxygen atoms in total. The Bertz CT molecular complexity index is 1740. The highest BCUT2D eigenvalue weighted by atomic mass is 19.4. The van der Waals surface area contributed by atoms with E-state index in [1.165, 1.54) is 12.1 Å². The smallest absolute Gasteiger partial charge is 0.478 e. The number of aliphatic carboxylic acids is 1. The quantitative estimate of drug-likeness (QED) is 0.214. The summed E-state index contributed by atoms with van der Waals surface area (Å²) in [6.45, 7) is 6.84. The zero-order valence-electron chi connectivity index (χ0n) is 23.3. The number of para-hydroxylation sites is 1. The van der Waals surface area contributed by atoms with E-state index >= 15 is 0 Å². The molecule has 0 saturated carbocycles. The fraction of sp³-hybridized carbons (Fsp3) is 0.258. The highest BCUT2D eigenvalue weighted by Crippen LogP contribution is 2.39. The van der Waals surface area contributed by atoms with Gasteiger partial charge in [-0.25, -0.2) is 14.0 Å². The minimum atomic E-state index is -5.08. The lowest BCUT2D eigenvalue weighted by molar-refractivity contribution is -0.192. The topological polar surface area (TPSA) is 120 Å². The van der Waals surface area contributed by atoms with Crippen molar-refractivity contribution < 1.29 is 41.8 Å². The number of aromatic carboxylic acids is 1. The molecule has 5 rings (SSSR count). The third-order valence-electron chi connectivity index (χ3n) is 7.14. The molecule has 1 unspecified atom stereocenters. The van der Waals surface area contributed by atoms with Crippen LogP contribution in [0, 0.1) is 12.7 Å². The average molecular weight is 601 g/mol. The normalized spacial score (nSPS) is 14.7. The van der Waals surface area contributed by atoms with Crippen LogP contribution in [0.25, 0.3) is 11.0 Å². The fourth-order valence-electron chi connectivity index (χ4n) is 5.08. The molecule has 0 amide bonds. The second-order valence-electron chi connectivity index (χ2n) is 10.6. The molecule has 0 aliphatic carbocycles. The minimum absolute atomic E-state index is 0.158. The van der Waals surface area contributed by atoms with E-state index in [0.29, 0.717) is 41.2 Å². The molecule has 12 heteroatoms. The van der Waals surface area contributed by atoms with Crippen LogP contribution < -0.4 is 15.6 Å². The maximum Gasteiger partial charge on any atom is 0.490 e. The number of fused-ring (bicyclic) bond motifs is 1. The van der Waals surface area contributed by atoms with Gasteiger partial charge in [0.1, 0.15) is 11.4 Å². The number of nitrogens with one attached hydrogen (secondary N) is 1. The van der Waals surface area contributed by atoms with Crippen LogP contribution in [0.1, 0.15) is 46.9 Å². The molecule has 43 heavy (non-hydrogen) atoms. The largest absolute Gasteiger partial charge is 0.490 e. The van der Waals surface area contributed by atoms with E-state index in [1.807, 2.05) is 37.8 Å². The van der Waals surface area contributed by atoms with E-state index in [2.05, 4.69) is 5.32 Å². The number of halogens is 4. The second-order valence-corrected chi connectivity index (χ2v) is 10.6. The highest BCUT2D eigenvalue weighted by molar-refractivity contribution is 5.94. The number of carboxylic acids is 2. The van der Waals surface area contributed by atoms with Crippen LogP contribution in [-0.4, -0.2) is 41.4 Å². The molecule has 3 aromatic carbocycles. The van der Waals surface area contributed by atoms with E-state index in [-0.39, 0.29) is 28.3 Å². The number of hydrogen-bond acceptors (Lipinski definition) is 6. The number of alkyl halides is 3. The first-order chi connectivity index (χ1) is 20.1. The van der Waals surface area contributed by atoms with E-state index < -0.39 is 18.1 Å². The van der Waals surface area contributed by atoms with Gasteiger partial charge in [-0.2, -0.15) is 13.2 Å². The number of aryl methyl sites for hydroxylation is 1. The van der Waals surface area contributed by atoms with Gasteiger partial charge in [-0.05, 0) is 49.2 Å². The lowest BCUT2D eigenvalue weighted by Crippen LogP contribution is -2.58. The van der Waals surface area contributed by atoms with Gasteiger partial charge in [-0.1, -0.05) is 43.3 Å². The Balaban J connectivity index is 0.000000541. The summed E-state index contributed by atoms with van der Waals surface area (Å²) in [5, 5.41) is 20.4. The van der Waals surface area contributed by atoms with Gasteiger partial charge in [0.2, 0.25) is 0 Å². The van der Waals surface area contributed by atoms with Gasteiger partial charge in [0.15, 0.2) is 11.3 Å². The molecule has 226 valence electrons. The standard InChI is InChI=1S/C29H27FN2O4.C2HF3O2/c1-17-12-20(18(2)31-24-11-7-4-8-19(24)28(34)35)27-21(13-17)25(33)14-26(36-27)32-15-29(3,16-32)22-9-5-6-10-23(22)30;3-2(4,5)1(6)7/h4-14,18,31H,15-16H2,1-3H3,(H,34,35);(H,6,7). The van der Waals surface area contributed by atoms with Crippen molar-refractivity contribution in [1.82, 2.24) is 0 Å². The fourth-order valence-corrected chi connectivity index (χ4v) is 5.08. The molecule has 0 radical (unpaired) electrons. The predicted molar refractivity (Wildman–Crippen MR) is 152 cm³/mol. The zero-order valence-corrected chi connectivity index (χ0v) is 23.3. The summed E-state index contributed by atoms with van der Waals surface area (Å²) in [5.41, 5.74) is 2.85. The van der Waals surface area contributed by atoms with Crippen LogP contribution >= 0.6 is 0 Å². The second kappa shape index (κ2) is 11.8. The molecule has 1 atom stereocenters. The maximum absolute atomic E-state index is 14.4. The van der Waals surface area contributed by atoms with E-state index in [9.17, 15) is 32.3 Å². The minimum Gasteiger partial charge on any atom is -0.478 e. The Morgan fingerprint density at radius 3 is 2.23 bits per heavy atom. The van der Waals surface area contributed by atoms with Gasteiger partial charge in [-0.3, -0.25) is 4.79 Å². The predicted octanol–water partition coefficient (Wildman–Crippen LogP) is 6.52. The third kappa shape index (κ3) is 6.63. The van der Waals surface area contributed by atoms with Crippen LogP contribution in [0.5, 0.6) is 0 Å². The number of benzene rings is 3. The van der Waals surface area contributed by atoms with Crippen molar-refractivity contribution >= 4 is 34.5 Å². The van der Waals surface area contributed by atoms with Crippen molar-refractivity contribution in [2.75, 3.05) is 23.3 Å². The number of carbonyl (C=O) groups is 2. The van der Waals surface area contributed by atoms with Crippen molar-refractivity contribution in [2.24, 2.45) is 0 Å². The average Bonchev–Trinajstić information content (AvgIpc) is 2.91. The van der Waals surface area contributed by atoms with E-state index in [4.69, 9.17) is 14.3 Å². The molecular weight excluding hydrogens is 572 g/mol. The molecule has 1 aliphatic heterocycles. The lowest BCUT2D eigenvalue weighted by Gasteiger charge is -2.48. The van der Waals surface area contributed by atoms with Crippen molar-refractivity contribution in [3.8, 4) is 0 Å². The Morgan fingerprint density at radius 2 is 1.63 bits per heavy atom. The van der Waals surface area contributed by atoms with Gasteiger partial charge in [-0.15, -0.1) is 0 Å². The van der Waals surface area contributed by atoms with Crippen molar-refractivity contribution in [2.45, 2.75) is 38.4 Å². The summed E-state index contributed by atoms with van der Waals surface area (Å²) in [5.74, 6) is -3.58. The molecule has 1 aromatic heterocycles. The summed E-state index contributed by atoms with van der Waals surface area (Å²) in [7, 11) is 0. The van der Waals surface area contributed by atoms with Gasteiger partial charge < -0.3 is 24.8 Å².